The number of aromatic nitrogens is 2. The van der Waals surface area contributed by atoms with Gasteiger partial charge in [-0.2, -0.15) is 13.2 Å². The summed E-state index contributed by atoms with van der Waals surface area (Å²) >= 11 is 0. The second kappa shape index (κ2) is 6.89. The van der Waals surface area contributed by atoms with Gasteiger partial charge >= 0.3 is 12.1 Å². The standard InChI is InChI=1S/C10H12F3N3O4/c11-10(12,13)4-20-3-8(17)16-7(9(18)19)1-6-2-14-5-15-6/h2,5,7H,1,3-4H2,(H,14,15)(H,16,17)(H,18,19)/t7-/m1/s1. The van der Waals surface area contributed by atoms with Crippen molar-refractivity contribution in [2.24, 2.45) is 0 Å². The Morgan fingerprint density at radius 2 is 2.20 bits per heavy atom. The van der Waals surface area contributed by atoms with Crippen molar-refractivity contribution in [2.75, 3.05) is 13.2 Å². The zero-order valence-electron chi connectivity index (χ0n) is 10.1. The van der Waals surface area contributed by atoms with E-state index in [9.17, 15) is 22.8 Å². The zero-order valence-corrected chi connectivity index (χ0v) is 10.1. The maximum absolute atomic E-state index is 11.8. The smallest absolute Gasteiger partial charge is 0.411 e. The number of H-pyrrole nitrogens is 1. The molecule has 0 spiro atoms. The molecule has 10 heteroatoms. The normalized spacial score (nSPS) is 12.9. The molecule has 0 aliphatic heterocycles. The van der Waals surface area contributed by atoms with Crippen LogP contribution >= 0.6 is 0 Å². The van der Waals surface area contributed by atoms with E-state index in [-0.39, 0.29) is 6.42 Å². The Morgan fingerprint density at radius 3 is 2.70 bits per heavy atom. The van der Waals surface area contributed by atoms with Gasteiger partial charge in [-0.3, -0.25) is 4.79 Å². The molecule has 0 bridgehead atoms. The number of halogens is 3. The van der Waals surface area contributed by atoms with Gasteiger partial charge in [-0.25, -0.2) is 9.78 Å². The van der Waals surface area contributed by atoms with Crippen LogP contribution in [0.25, 0.3) is 0 Å². The second-order valence-electron chi connectivity index (χ2n) is 3.85. The van der Waals surface area contributed by atoms with Crippen LogP contribution in [-0.4, -0.2) is 52.4 Å². The average Bonchev–Trinajstić information content (AvgIpc) is 2.79. The monoisotopic (exact) mass is 295 g/mol. The highest BCUT2D eigenvalue weighted by Gasteiger charge is 2.28. The number of carboxylic acids is 1. The Kier molecular flexibility index (Phi) is 5.50. The number of nitrogens with zero attached hydrogens (tertiary/aromatic N) is 1. The Labute approximate surface area is 111 Å². The summed E-state index contributed by atoms with van der Waals surface area (Å²) < 4.78 is 39.5. The van der Waals surface area contributed by atoms with E-state index in [0.717, 1.165) is 0 Å². The summed E-state index contributed by atoms with van der Waals surface area (Å²) in [5.74, 6) is -2.26. The number of aliphatic carboxylic acids is 1. The summed E-state index contributed by atoms with van der Waals surface area (Å²) in [5, 5.41) is 11.0. The van der Waals surface area contributed by atoms with E-state index in [1.807, 2.05) is 0 Å². The Hall–Kier alpha value is -2.10. The molecule has 20 heavy (non-hydrogen) atoms. The minimum absolute atomic E-state index is 0.0691. The number of amides is 1. The molecule has 112 valence electrons. The van der Waals surface area contributed by atoms with E-state index in [4.69, 9.17) is 5.11 Å². The van der Waals surface area contributed by atoms with Crippen molar-refractivity contribution in [2.45, 2.75) is 18.6 Å². The van der Waals surface area contributed by atoms with Crippen molar-refractivity contribution in [3.63, 3.8) is 0 Å². The van der Waals surface area contributed by atoms with Gasteiger partial charge in [0.1, 0.15) is 19.3 Å². The first-order chi connectivity index (χ1) is 9.28. The van der Waals surface area contributed by atoms with Gasteiger partial charge in [-0.1, -0.05) is 0 Å². The summed E-state index contributed by atoms with van der Waals surface area (Å²) in [6.45, 7) is -2.44. The first kappa shape index (κ1) is 16.0. The number of nitrogens with one attached hydrogen (secondary N) is 2. The van der Waals surface area contributed by atoms with Crippen molar-refractivity contribution in [1.82, 2.24) is 15.3 Å². The fourth-order valence-corrected chi connectivity index (χ4v) is 1.31. The van der Waals surface area contributed by atoms with Gasteiger partial charge in [0.05, 0.1) is 6.33 Å². The van der Waals surface area contributed by atoms with E-state index < -0.39 is 37.3 Å². The van der Waals surface area contributed by atoms with Crippen LogP contribution in [0.1, 0.15) is 5.69 Å². The lowest BCUT2D eigenvalue weighted by Crippen LogP contribution is -2.44. The van der Waals surface area contributed by atoms with Crippen molar-refractivity contribution in [3.8, 4) is 0 Å². The van der Waals surface area contributed by atoms with Crippen LogP contribution in [-0.2, 0) is 20.7 Å². The highest BCUT2D eigenvalue weighted by molar-refractivity contribution is 5.84. The fourth-order valence-electron chi connectivity index (χ4n) is 1.31. The third-order valence-electron chi connectivity index (χ3n) is 2.11. The largest absolute Gasteiger partial charge is 0.480 e. The molecule has 1 aromatic heterocycles. The second-order valence-corrected chi connectivity index (χ2v) is 3.85. The van der Waals surface area contributed by atoms with Crippen molar-refractivity contribution >= 4 is 11.9 Å². The molecule has 1 atom stereocenters. The Bertz CT molecular complexity index is 447. The number of rotatable bonds is 7. The molecule has 0 radical (unpaired) electrons. The molecular formula is C10H12F3N3O4. The van der Waals surface area contributed by atoms with Crippen LogP contribution in [0.3, 0.4) is 0 Å². The number of hydrogen-bond donors (Lipinski definition) is 3. The van der Waals surface area contributed by atoms with Crippen LogP contribution in [0, 0.1) is 0 Å². The molecule has 0 saturated carbocycles. The third kappa shape index (κ3) is 6.18. The minimum Gasteiger partial charge on any atom is -0.480 e. The summed E-state index contributed by atoms with van der Waals surface area (Å²) in [4.78, 5) is 28.5. The SMILES string of the molecule is O=C(COCC(F)(F)F)N[C@H](Cc1cnc[nH]1)C(=O)O. The highest BCUT2D eigenvalue weighted by atomic mass is 19.4. The maximum atomic E-state index is 11.8. The van der Waals surface area contributed by atoms with Crippen LogP contribution in [0.4, 0.5) is 13.2 Å². The summed E-state index contributed by atoms with van der Waals surface area (Å²) in [5.41, 5.74) is 0.467. The van der Waals surface area contributed by atoms with Gasteiger partial charge in [0.25, 0.3) is 0 Å². The topological polar surface area (TPSA) is 104 Å². The molecule has 0 unspecified atom stereocenters. The zero-order chi connectivity index (χ0) is 15.2. The van der Waals surface area contributed by atoms with Gasteiger partial charge in [-0.15, -0.1) is 0 Å². The number of ether oxygens (including phenoxy) is 1. The Morgan fingerprint density at radius 1 is 1.50 bits per heavy atom. The molecule has 0 fully saturated rings. The molecule has 1 heterocycles. The molecule has 3 N–H and O–H groups in total. The van der Waals surface area contributed by atoms with Gasteiger partial charge in [0.15, 0.2) is 0 Å². The van der Waals surface area contributed by atoms with E-state index in [0.29, 0.717) is 5.69 Å². The minimum atomic E-state index is -4.54. The average molecular weight is 295 g/mol. The Balaban J connectivity index is 2.41. The van der Waals surface area contributed by atoms with Crippen LogP contribution in [0.15, 0.2) is 12.5 Å². The molecule has 1 amide bonds. The van der Waals surface area contributed by atoms with Crippen LogP contribution in [0.2, 0.25) is 0 Å². The number of alkyl halides is 3. The third-order valence-corrected chi connectivity index (χ3v) is 2.11. The lowest BCUT2D eigenvalue weighted by atomic mass is 10.1. The molecule has 7 nitrogen and oxygen atoms in total. The lowest BCUT2D eigenvalue weighted by molar-refractivity contribution is -0.176. The van der Waals surface area contributed by atoms with Crippen LogP contribution < -0.4 is 5.32 Å². The number of carbonyl (C=O) groups excluding carboxylic acids is 1. The van der Waals surface area contributed by atoms with E-state index in [2.05, 4.69) is 20.0 Å². The molecular weight excluding hydrogens is 283 g/mol. The first-order valence-corrected chi connectivity index (χ1v) is 5.42. The van der Waals surface area contributed by atoms with Crippen LogP contribution in [0.5, 0.6) is 0 Å². The quantitative estimate of drug-likeness (QED) is 0.662. The highest BCUT2D eigenvalue weighted by Crippen LogP contribution is 2.14. The molecule has 0 aromatic carbocycles. The van der Waals surface area contributed by atoms with Crippen molar-refractivity contribution < 1.29 is 32.6 Å². The van der Waals surface area contributed by atoms with Crippen molar-refractivity contribution in [1.29, 1.82) is 0 Å². The van der Waals surface area contributed by atoms with E-state index in [1.165, 1.54) is 12.5 Å². The molecule has 0 aliphatic carbocycles. The molecule has 1 aromatic rings. The summed E-state index contributed by atoms with van der Waals surface area (Å²) in [6, 6.07) is -1.28. The number of carbonyl (C=O) groups is 2. The summed E-state index contributed by atoms with van der Waals surface area (Å²) in [6.07, 6.45) is -1.90. The molecule has 1 rings (SSSR count). The summed E-state index contributed by atoms with van der Waals surface area (Å²) in [7, 11) is 0. The number of hydrogen-bond acceptors (Lipinski definition) is 4. The van der Waals surface area contributed by atoms with Gasteiger partial charge in [0, 0.05) is 18.3 Å². The lowest BCUT2D eigenvalue weighted by Gasteiger charge is -2.14. The molecule has 0 saturated heterocycles. The van der Waals surface area contributed by atoms with Gasteiger partial charge in [0.2, 0.25) is 5.91 Å². The van der Waals surface area contributed by atoms with Gasteiger partial charge in [-0.05, 0) is 0 Å². The number of carboxylic acid groups (broad SMARTS) is 1. The first-order valence-electron chi connectivity index (χ1n) is 5.42. The van der Waals surface area contributed by atoms with Crippen molar-refractivity contribution in [3.05, 3.63) is 18.2 Å². The maximum Gasteiger partial charge on any atom is 0.411 e. The van der Waals surface area contributed by atoms with E-state index >= 15 is 0 Å². The van der Waals surface area contributed by atoms with E-state index in [1.54, 1.807) is 0 Å². The van der Waals surface area contributed by atoms with Gasteiger partial charge < -0.3 is 20.1 Å². The molecule has 0 aliphatic rings. The fraction of sp³-hybridized carbons (Fsp3) is 0.500. The number of imidazole rings is 1. The predicted octanol–water partition coefficient (Wildman–Crippen LogP) is 0.101. The number of aromatic amines is 1. The predicted molar refractivity (Wildman–Crippen MR) is 58.7 cm³/mol.